The van der Waals surface area contributed by atoms with Crippen molar-refractivity contribution in [2.45, 2.75) is 13.3 Å². The molecule has 0 amide bonds. The maximum atomic E-state index is 13.2. The molecule has 0 atom stereocenters. The van der Waals surface area contributed by atoms with Crippen molar-refractivity contribution in [1.82, 2.24) is 0 Å². The van der Waals surface area contributed by atoms with Gasteiger partial charge >= 0.3 is 0 Å². The van der Waals surface area contributed by atoms with Gasteiger partial charge in [-0.3, -0.25) is 0 Å². The lowest BCUT2D eigenvalue weighted by atomic mass is 10.1. The topological polar surface area (TPSA) is 23.8 Å². The number of thiophene rings is 1. The highest BCUT2D eigenvalue weighted by Crippen LogP contribution is 2.28. The summed E-state index contributed by atoms with van der Waals surface area (Å²) in [5.41, 5.74) is 0.652. The van der Waals surface area contributed by atoms with Crippen LogP contribution in [0.25, 0.3) is 10.1 Å². The lowest BCUT2D eigenvalue weighted by Gasteiger charge is -1.94. The Balaban J connectivity index is 2.61. The van der Waals surface area contributed by atoms with Gasteiger partial charge in [-0.1, -0.05) is 0 Å². The summed E-state index contributed by atoms with van der Waals surface area (Å²) in [5.74, 6) is -0.178. The molecule has 1 heterocycles. The molecular weight excluding hydrogens is 197 g/mol. The molecule has 3 heteroatoms. The van der Waals surface area contributed by atoms with Crippen molar-refractivity contribution < 1.29 is 4.39 Å². The van der Waals surface area contributed by atoms with Crippen LogP contribution in [0.4, 0.5) is 4.39 Å². The van der Waals surface area contributed by atoms with Crippen molar-refractivity contribution in [3.63, 3.8) is 0 Å². The lowest BCUT2D eigenvalue weighted by molar-refractivity contribution is 0.621. The summed E-state index contributed by atoms with van der Waals surface area (Å²) in [5, 5.41) is 9.56. The molecule has 0 aliphatic rings. The van der Waals surface area contributed by atoms with Crippen molar-refractivity contribution in [2.75, 3.05) is 0 Å². The first-order valence-electron chi connectivity index (χ1n) is 4.26. The summed E-state index contributed by atoms with van der Waals surface area (Å²) >= 11 is 1.48. The number of rotatable bonds is 1. The van der Waals surface area contributed by atoms with Crippen molar-refractivity contribution in [1.29, 1.82) is 5.26 Å². The Morgan fingerprint density at radius 2 is 2.21 bits per heavy atom. The zero-order valence-electron chi connectivity index (χ0n) is 7.67. The molecule has 70 valence electrons. The second kappa shape index (κ2) is 3.39. The molecule has 2 rings (SSSR count). The van der Waals surface area contributed by atoms with Crippen molar-refractivity contribution in [3.05, 3.63) is 34.5 Å². The number of nitrogens with zero attached hydrogens (tertiary/aromatic N) is 1. The molecule has 1 aromatic heterocycles. The molecule has 2 aromatic rings. The minimum atomic E-state index is -0.178. The van der Waals surface area contributed by atoms with E-state index in [2.05, 4.69) is 6.07 Å². The first-order chi connectivity index (χ1) is 6.70. The molecule has 14 heavy (non-hydrogen) atoms. The highest BCUT2D eigenvalue weighted by molar-refractivity contribution is 7.19. The third-order valence-corrected chi connectivity index (χ3v) is 3.20. The Hall–Kier alpha value is -1.40. The van der Waals surface area contributed by atoms with E-state index >= 15 is 0 Å². The summed E-state index contributed by atoms with van der Waals surface area (Å²) in [6, 6.07) is 7.40. The molecule has 0 saturated heterocycles. The third-order valence-electron chi connectivity index (χ3n) is 2.10. The first-order valence-corrected chi connectivity index (χ1v) is 5.08. The average Bonchev–Trinajstić information content (AvgIpc) is 2.48. The summed E-state index contributed by atoms with van der Waals surface area (Å²) in [6.07, 6.45) is 0.403. The van der Waals surface area contributed by atoms with Crippen LogP contribution in [-0.4, -0.2) is 0 Å². The second-order valence-electron chi connectivity index (χ2n) is 3.19. The minimum absolute atomic E-state index is 0.178. The molecule has 0 aliphatic carbocycles. The predicted molar refractivity (Wildman–Crippen MR) is 55.8 cm³/mol. The van der Waals surface area contributed by atoms with Gasteiger partial charge in [0, 0.05) is 9.58 Å². The van der Waals surface area contributed by atoms with Crippen molar-refractivity contribution in [2.24, 2.45) is 0 Å². The van der Waals surface area contributed by atoms with Gasteiger partial charge in [0.05, 0.1) is 12.5 Å². The summed E-state index contributed by atoms with van der Waals surface area (Å²) < 4.78 is 14.1. The van der Waals surface area contributed by atoms with E-state index < -0.39 is 0 Å². The SMILES string of the molecule is Cc1cc2cc(CC#N)sc2cc1F. The maximum Gasteiger partial charge on any atom is 0.127 e. The van der Waals surface area contributed by atoms with Crippen LogP contribution >= 0.6 is 11.3 Å². The van der Waals surface area contributed by atoms with Crippen LogP contribution in [0, 0.1) is 24.1 Å². The van der Waals surface area contributed by atoms with E-state index in [0.717, 1.165) is 15.0 Å². The Morgan fingerprint density at radius 1 is 1.43 bits per heavy atom. The standard InChI is InChI=1S/C11H8FNS/c1-7-4-8-5-9(2-3-13)14-11(8)6-10(7)12/h4-6H,2H2,1H3. The molecule has 0 bridgehead atoms. The smallest absolute Gasteiger partial charge is 0.127 e. The summed E-state index contributed by atoms with van der Waals surface area (Å²) in [4.78, 5) is 0.993. The van der Waals surface area contributed by atoms with E-state index in [1.165, 1.54) is 17.4 Å². The minimum Gasteiger partial charge on any atom is -0.207 e. The van der Waals surface area contributed by atoms with Gasteiger partial charge in [-0.2, -0.15) is 5.26 Å². The predicted octanol–water partition coefficient (Wildman–Crippen LogP) is 3.41. The fourth-order valence-corrected chi connectivity index (χ4v) is 2.40. The number of hydrogen-bond acceptors (Lipinski definition) is 2. The van der Waals surface area contributed by atoms with Crippen LogP contribution in [0.5, 0.6) is 0 Å². The monoisotopic (exact) mass is 205 g/mol. The Labute approximate surface area is 85.4 Å². The fraction of sp³-hybridized carbons (Fsp3) is 0.182. The van der Waals surface area contributed by atoms with E-state index in [9.17, 15) is 4.39 Å². The van der Waals surface area contributed by atoms with Gasteiger partial charge in [-0.15, -0.1) is 11.3 Å². The largest absolute Gasteiger partial charge is 0.207 e. The molecule has 1 aromatic carbocycles. The number of aryl methyl sites for hydroxylation is 1. The van der Waals surface area contributed by atoms with Crippen molar-refractivity contribution >= 4 is 21.4 Å². The molecule has 0 N–H and O–H groups in total. The Kier molecular flexibility index (Phi) is 2.22. The van der Waals surface area contributed by atoms with Gasteiger partial charge in [0.25, 0.3) is 0 Å². The van der Waals surface area contributed by atoms with Gasteiger partial charge in [0.1, 0.15) is 5.82 Å². The Morgan fingerprint density at radius 3 is 2.93 bits per heavy atom. The second-order valence-corrected chi connectivity index (χ2v) is 4.36. The number of halogens is 1. The molecular formula is C11H8FNS. The first kappa shape index (κ1) is 9.17. The fourth-order valence-electron chi connectivity index (χ4n) is 1.40. The summed E-state index contributed by atoms with van der Waals surface area (Å²) in [6.45, 7) is 1.75. The van der Waals surface area contributed by atoms with E-state index in [0.29, 0.717) is 12.0 Å². The van der Waals surface area contributed by atoms with Crippen LogP contribution < -0.4 is 0 Å². The molecule has 0 aliphatic heterocycles. The zero-order valence-corrected chi connectivity index (χ0v) is 8.49. The highest BCUT2D eigenvalue weighted by atomic mass is 32.1. The highest BCUT2D eigenvalue weighted by Gasteiger charge is 2.04. The van der Waals surface area contributed by atoms with Crippen molar-refractivity contribution in [3.8, 4) is 6.07 Å². The molecule has 0 unspecified atom stereocenters. The number of benzene rings is 1. The van der Waals surface area contributed by atoms with Crippen LogP contribution in [0.1, 0.15) is 10.4 Å². The van der Waals surface area contributed by atoms with E-state index in [-0.39, 0.29) is 5.82 Å². The number of fused-ring (bicyclic) bond motifs is 1. The van der Waals surface area contributed by atoms with Gasteiger partial charge in [-0.05, 0) is 36.1 Å². The van der Waals surface area contributed by atoms with Gasteiger partial charge in [-0.25, -0.2) is 4.39 Å². The molecule has 0 fully saturated rings. The van der Waals surface area contributed by atoms with E-state index in [4.69, 9.17) is 5.26 Å². The lowest BCUT2D eigenvalue weighted by Crippen LogP contribution is -1.78. The van der Waals surface area contributed by atoms with Gasteiger partial charge in [0.2, 0.25) is 0 Å². The number of nitriles is 1. The van der Waals surface area contributed by atoms with Gasteiger partial charge < -0.3 is 0 Å². The molecule has 0 spiro atoms. The summed E-state index contributed by atoms with van der Waals surface area (Å²) in [7, 11) is 0. The van der Waals surface area contributed by atoms with Crippen LogP contribution in [-0.2, 0) is 6.42 Å². The van der Waals surface area contributed by atoms with E-state index in [1.807, 2.05) is 12.1 Å². The quantitative estimate of drug-likeness (QED) is 0.699. The zero-order chi connectivity index (χ0) is 10.1. The molecule has 0 radical (unpaired) electrons. The maximum absolute atomic E-state index is 13.2. The van der Waals surface area contributed by atoms with Gasteiger partial charge in [0.15, 0.2) is 0 Å². The van der Waals surface area contributed by atoms with Crippen LogP contribution in [0.15, 0.2) is 18.2 Å². The Bertz CT molecular complexity index is 483. The average molecular weight is 205 g/mol. The van der Waals surface area contributed by atoms with Crippen LogP contribution in [0.3, 0.4) is 0 Å². The third kappa shape index (κ3) is 1.49. The normalized spacial score (nSPS) is 10.4. The number of hydrogen-bond donors (Lipinski definition) is 0. The van der Waals surface area contributed by atoms with Crippen LogP contribution in [0.2, 0.25) is 0 Å². The molecule has 0 saturated carbocycles. The van der Waals surface area contributed by atoms with E-state index in [1.54, 1.807) is 6.92 Å². The molecule has 1 nitrogen and oxygen atoms in total.